The first-order chi connectivity index (χ1) is 10.0. The van der Waals surface area contributed by atoms with E-state index in [-0.39, 0.29) is 17.6 Å². The molecule has 1 heterocycles. The van der Waals surface area contributed by atoms with Gasteiger partial charge in [-0.25, -0.2) is 0 Å². The molecule has 8 heteroatoms. The second-order valence-electron chi connectivity index (χ2n) is 4.99. The topological polar surface area (TPSA) is 112 Å². The number of benzene rings is 1. The van der Waals surface area contributed by atoms with Gasteiger partial charge in [-0.1, -0.05) is 11.2 Å². The Morgan fingerprint density at radius 3 is 2.71 bits per heavy atom. The number of nitrogens with zero attached hydrogens (tertiary/aromatic N) is 5. The maximum absolute atomic E-state index is 12.4. The van der Waals surface area contributed by atoms with Gasteiger partial charge in [0.2, 0.25) is 0 Å². The maximum atomic E-state index is 12.4. The Balaban J connectivity index is 2.12. The number of nitro groups is 1. The van der Waals surface area contributed by atoms with E-state index in [2.05, 4.69) is 10.0 Å². The third kappa shape index (κ3) is 3.29. The zero-order valence-electron chi connectivity index (χ0n) is 11.6. The van der Waals surface area contributed by atoms with Crippen LogP contribution in [0.4, 0.5) is 5.69 Å². The highest BCUT2D eigenvalue weighted by molar-refractivity contribution is 5.95. The van der Waals surface area contributed by atoms with Crippen molar-refractivity contribution >= 4 is 11.6 Å². The van der Waals surface area contributed by atoms with Crippen molar-refractivity contribution in [2.45, 2.75) is 25.8 Å². The predicted octanol–water partition coefficient (Wildman–Crippen LogP) is 2.82. The van der Waals surface area contributed by atoms with E-state index >= 15 is 0 Å². The fraction of sp³-hybridized carbons (Fsp3) is 0.462. The van der Waals surface area contributed by atoms with Crippen LogP contribution in [0.3, 0.4) is 0 Å². The van der Waals surface area contributed by atoms with Crippen LogP contribution in [-0.2, 0) is 0 Å². The van der Waals surface area contributed by atoms with Crippen molar-refractivity contribution in [3.63, 3.8) is 0 Å². The van der Waals surface area contributed by atoms with Crippen LogP contribution in [0.2, 0.25) is 0 Å². The SMILES string of the molecule is Cc1ccc(C(=O)N2CCC(N=[N+]=[N-])CC2)cc1[N+](=O)[O-]. The Labute approximate surface area is 121 Å². The first-order valence-electron chi connectivity index (χ1n) is 6.61. The van der Waals surface area contributed by atoms with E-state index in [9.17, 15) is 14.9 Å². The Morgan fingerprint density at radius 2 is 2.14 bits per heavy atom. The van der Waals surface area contributed by atoms with Gasteiger partial charge in [-0.15, -0.1) is 0 Å². The largest absolute Gasteiger partial charge is 0.339 e. The van der Waals surface area contributed by atoms with Crippen molar-refractivity contribution in [2.75, 3.05) is 13.1 Å². The molecule has 1 aliphatic rings. The molecule has 0 unspecified atom stereocenters. The summed E-state index contributed by atoms with van der Waals surface area (Å²) in [6, 6.07) is 4.42. The molecule has 0 spiro atoms. The summed E-state index contributed by atoms with van der Waals surface area (Å²) in [6.07, 6.45) is 1.23. The van der Waals surface area contributed by atoms with Crippen molar-refractivity contribution in [2.24, 2.45) is 5.11 Å². The molecular weight excluding hydrogens is 274 g/mol. The third-order valence-electron chi connectivity index (χ3n) is 3.62. The number of nitro benzene ring substituents is 1. The van der Waals surface area contributed by atoms with E-state index in [1.807, 2.05) is 0 Å². The van der Waals surface area contributed by atoms with E-state index in [1.54, 1.807) is 24.0 Å². The molecule has 0 bridgehead atoms. The number of carbonyl (C=O) groups is 1. The lowest BCUT2D eigenvalue weighted by Crippen LogP contribution is -2.39. The summed E-state index contributed by atoms with van der Waals surface area (Å²) in [5.74, 6) is -0.225. The molecule has 0 radical (unpaired) electrons. The summed E-state index contributed by atoms with van der Waals surface area (Å²) in [5.41, 5.74) is 9.18. The van der Waals surface area contributed by atoms with Gasteiger partial charge in [0.15, 0.2) is 0 Å². The van der Waals surface area contributed by atoms with Gasteiger partial charge in [0.1, 0.15) is 0 Å². The molecular formula is C13H15N5O3. The summed E-state index contributed by atoms with van der Waals surface area (Å²) in [4.78, 5) is 27.2. The summed E-state index contributed by atoms with van der Waals surface area (Å²) in [7, 11) is 0. The molecule has 1 aromatic rings. The van der Waals surface area contributed by atoms with Crippen LogP contribution in [-0.4, -0.2) is 34.9 Å². The molecule has 0 saturated carbocycles. The highest BCUT2D eigenvalue weighted by Crippen LogP contribution is 2.22. The molecule has 21 heavy (non-hydrogen) atoms. The van der Waals surface area contributed by atoms with E-state index < -0.39 is 4.92 Å². The molecule has 0 atom stereocenters. The van der Waals surface area contributed by atoms with Crippen molar-refractivity contribution in [3.8, 4) is 0 Å². The Kier molecular flexibility index (Phi) is 4.39. The van der Waals surface area contributed by atoms with Gasteiger partial charge in [-0.05, 0) is 31.4 Å². The lowest BCUT2D eigenvalue weighted by molar-refractivity contribution is -0.385. The minimum absolute atomic E-state index is 0.0511. The number of amides is 1. The number of likely N-dealkylation sites (tertiary alicyclic amines) is 1. The minimum Gasteiger partial charge on any atom is -0.339 e. The number of carbonyl (C=O) groups excluding carboxylic acids is 1. The van der Waals surface area contributed by atoms with E-state index in [1.165, 1.54) is 6.07 Å². The van der Waals surface area contributed by atoms with Gasteiger partial charge < -0.3 is 4.90 Å². The molecule has 0 aromatic heterocycles. The molecule has 8 nitrogen and oxygen atoms in total. The van der Waals surface area contributed by atoms with Gasteiger partial charge in [0, 0.05) is 41.2 Å². The normalized spacial score (nSPS) is 15.4. The van der Waals surface area contributed by atoms with E-state index in [0.29, 0.717) is 37.1 Å². The summed E-state index contributed by atoms with van der Waals surface area (Å²) in [5, 5.41) is 14.6. The van der Waals surface area contributed by atoms with Crippen molar-refractivity contribution in [3.05, 3.63) is 49.9 Å². The average Bonchev–Trinajstić information content (AvgIpc) is 2.48. The number of hydrogen-bond donors (Lipinski definition) is 0. The molecule has 1 amide bonds. The first-order valence-corrected chi connectivity index (χ1v) is 6.61. The van der Waals surface area contributed by atoms with Gasteiger partial charge >= 0.3 is 0 Å². The molecule has 0 N–H and O–H groups in total. The molecule has 1 saturated heterocycles. The van der Waals surface area contributed by atoms with Crippen molar-refractivity contribution in [1.29, 1.82) is 0 Å². The van der Waals surface area contributed by atoms with Crippen LogP contribution in [0.15, 0.2) is 23.3 Å². The second kappa shape index (κ2) is 6.23. The highest BCUT2D eigenvalue weighted by atomic mass is 16.6. The monoisotopic (exact) mass is 289 g/mol. The first kappa shape index (κ1) is 14.8. The highest BCUT2D eigenvalue weighted by Gasteiger charge is 2.24. The van der Waals surface area contributed by atoms with Crippen LogP contribution in [0, 0.1) is 17.0 Å². The Morgan fingerprint density at radius 1 is 1.48 bits per heavy atom. The maximum Gasteiger partial charge on any atom is 0.273 e. The van der Waals surface area contributed by atoms with Gasteiger partial charge in [0.25, 0.3) is 11.6 Å². The van der Waals surface area contributed by atoms with Crippen molar-refractivity contribution in [1.82, 2.24) is 4.90 Å². The van der Waals surface area contributed by atoms with Gasteiger partial charge in [0.05, 0.1) is 4.92 Å². The minimum atomic E-state index is -0.486. The van der Waals surface area contributed by atoms with Gasteiger partial charge in [-0.3, -0.25) is 14.9 Å². The molecule has 1 aromatic carbocycles. The molecule has 1 fully saturated rings. The van der Waals surface area contributed by atoms with Crippen LogP contribution in [0.25, 0.3) is 10.4 Å². The van der Waals surface area contributed by atoms with E-state index in [0.717, 1.165) is 0 Å². The van der Waals surface area contributed by atoms with E-state index in [4.69, 9.17) is 5.53 Å². The average molecular weight is 289 g/mol. The number of hydrogen-bond acceptors (Lipinski definition) is 4. The van der Waals surface area contributed by atoms with Crippen LogP contribution in [0.5, 0.6) is 0 Å². The fourth-order valence-electron chi connectivity index (χ4n) is 2.38. The standard InChI is InChI=1S/C13H15N5O3/c1-9-2-3-10(8-12(9)18(20)21)13(19)17-6-4-11(5-7-17)15-16-14/h2-3,8,11H,4-7H2,1H3. The molecule has 2 rings (SSSR count). The molecule has 1 aliphatic heterocycles. The number of azide groups is 1. The Bertz CT molecular complexity index is 616. The summed E-state index contributed by atoms with van der Waals surface area (Å²) < 4.78 is 0. The lowest BCUT2D eigenvalue weighted by atomic mass is 10.0. The summed E-state index contributed by atoms with van der Waals surface area (Å²) in [6.45, 7) is 2.62. The number of piperidine rings is 1. The quantitative estimate of drug-likeness (QED) is 0.280. The lowest BCUT2D eigenvalue weighted by Gasteiger charge is -2.30. The van der Waals surface area contributed by atoms with Crippen LogP contribution in [0.1, 0.15) is 28.8 Å². The molecule has 0 aliphatic carbocycles. The number of rotatable bonds is 3. The molecule has 110 valence electrons. The second-order valence-corrected chi connectivity index (χ2v) is 4.99. The number of aryl methyl sites for hydroxylation is 1. The third-order valence-corrected chi connectivity index (χ3v) is 3.62. The zero-order chi connectivity index (χ0) is 15.4. The van der Waals surface area contributed by atoms with Crippen LogP contribution < -0.4 is 0 Å². The smallest absolute Gasteiger partial charge is 0.273 e. The van der Waals surface area contributed by atoms with Crippen molar-refractivity contribution < 1.29 is 9.72 Å². The summed E-state index contributed by atoms with van der Waals surface area (Å²) >= 11 is 0. The zero-order valence-corrected chi connectivity index (χ0v) is 11.6. The predicted molar refractivity (Wildman–Crippen MR) is 75.9 cm³/mol. The Hall–Kier alpha value is -2.60. The fourth-order valence-corrected chi connectivity index (χ4v) is 2.38. The van der Waals surface area contributed by atoms with Crippen LogP contribution >= 0.6 is 0 Å². The van der Waals surface area contributed by atoms with Gasteiger partial charge in [-0.2, -0.15) is 0 Å².